The second-order valence-corrected chi connectivity index (χ2v) is 9.01. The number of hydrogen-bond donors (Lipinski definition) is 3. The molecule has 0 bridgehead atoms. The van der Waals surface area contributed by atoms with E-state index >= 15 is 0 Å². The van der Waals surface area contributed by atoms with Gasteiger partial charge in [-0.25, -0.2) is 0 Å². The minimum Gasteiger partial charge on any atom is -0.489 e. The fraction of sp³-hybridized carbons (Fsp3) is 0.407. The normalized spacial score (nSPS) is 17.3. The van der Waals surface area contributed by atoms with Gasteiger partial charge in [0.25, 0.3) is 0 Å². The molecule has 3 atom stereocenters. The number of benzene rings is 2. The van der Waals surface area contributed by atoms with E-state index in [1.54, 1.807) is 11.8 Å². The number of primary amides is 1. The highest BCUT2D eigenvalue weighted by Crippen LogP contribution is 2.18. The van der Waals surface area contributed by atoms with Crippen LogP contribution >= 0.6 is 0 Å². The molecule has 8 heteroatoms. The predicted molar refractivity (Wildman–Crippen MR) is 132 cm³/mol. The molecule has 1 heterocycles. The van der Waals surface area contributed by atoms with Crippen LogP contribution in [0.3, 0.4) is 0 Å². The molecule has 0 aromatic heterocycles. The number of piperidine rings is 1. The number of likely N-dealkylation sites (tertiary alicyclic amines) is 1. The fourth-order valence-corrected chi connectivity index (χ4v) is 3.90. The van der Waals surface area contributed by atoms with E-state index in [1.165, 1.54) is 6.42 Å². The van der Waals surface area contributed by atoms with E-state index in [9.17, 15) is 19.5 Å². The van der Waals surface area contributed by atoms with Gasteiger partial charge in [-0.15, -0.1) is 0 Å². The maximum atomic E-state index is 13.2. The van der Waals surface area contributed by atoms with Crippen LogP contribution in [-0.2, 0) is 27.4 Å². The van der Waals surface area contributed by atoms with Crippen LogP contribution < -0.4 is 15.8 Å². The number of nitrogens with zero attached hydrogens (tertiary/aromatic N) is 1. The van der Waals surface area contributed by atoms with E-state index in [1.807, 2.05) is 54.6 Å². The Kier molecular flexibility index (Phi) is 9.66. The van der Waals surface area contributed by atoms with Gasteiger partial charge in [-0.2, -0.15) is 0 Å². The SMILES string of the molecule is CC(C[CH]C(=O)NC(Cc1ccc(OCc2ccccc2)cc1)C(=O)N1CCCC(O)C1)C(N)=O. The van der Waals surface area contributed by atoms with Gasteiger partial charge < -0.3 is 25.8 Å². The summed E-state index contributed by atoms with van der Waals surface area (Å²) in [6.07, 6.45) is 2.63. The van der Waals surface area contributed by atoms with Gasteiger partial charge in [0.05, 0.1) is 12.5 Å². The quantitative estimate of drug-likeness (QED) is 0.454. The zero-order valence-corrected chi connectivity index (χ0v) is 20.1. The molecule has 0 aliphatic carbocycles. The summed E-state index contributed by atoms with van der Waals surface area (Å²) in [6.45, 7) is 2.89. The number of hydrogen-bond acceptors (Lipinski definition) is 5. The third kappa shape index (κ3) is 8.40. The van der Waals surface area contributed by atoms with Crippen LogP contribution in [0.5, 0.6) is 5.75 Å². The molecule has 0 spiro atoms. The number of nitrogens with one attached hydrogen (secondary N) is 1. The molecule has 35 heavy (non-hydrogen) atoms. The Morgan fingerprint density at radius 1 is 1.14 bits per heavy atom. The third-order valence-electron chi connectivity index (χ3n) is 6.08. The Bertz CT molecular complexity index is 980. The average molecular weight is 481 g/mol. The van der Waals surface area contributed by atoms with Crippen molar-refractivity contribution < 1.29 is 24.2 Å². The van der Waals surface area contributed by atoms with Crippen molar-refractivity contribution in [2.75, 3.05) is 13.1 Å². The van der Waals surface area contributed by atoms with E-state index in [2.05, 4.69) is 5.32 Å². The van der Waals surface area contributed by atoms with Crippen molar-refractivity contribution in [1.29, 1.82) is 0 Å². The van der Waals surface area contributed by atoms with Crippen LogP contribution in [0.1, 0.15) is 37.3 Å². The minimum atomic E-state index is -0.802. The molecule has 187 valence electrons. The molecule has 1 fully saturated rings. The molecular weight excluding hydrogens is 446 g/mol. The predicted octanol–water partition coefficient (Wildman–Crippen LogP) is 1.99. The maximum Gasteiger partial charge on any atom is 0.245 e. The highest BCUT2D eigenvalue weighted by Gasteiger charge is 2.29. The second-order valence-electron chi connectivity index (χ2n) is 9.01. The molecule has 3 rings (SSSR count). The molecule has 3 amide bonds. The Balaban J connectivity index is 1.64. The lowest BCUT2D eigenvalue weighted by Crippen LogP contribution is -2.53. The van der Waals surface area contributed by atoms with Gasteiger partial charge in [-0.1, -0.05) is 49.4 Å². The van der Waals surface area contributed by atoms with Crippen molar-refractivity contribution in [1.82, 2.24) is 10.2 Å². The highest BCUT2D eigenvalue weighted by molar-refractivity contribution is 5.92. The smallest absolute Gasteiger partial charge is 0.245 e. The first-order valence-electron chi connectivity index (χ1n) is 12.0. The van der Waals surface area contributed by atoms with E-state index in [-0.39, 0.29) is 25.3 Å². The number of rotatable bonds is 11. The molecule has 2 aromatic rings. The first-order chi connectivity index (χ1) is 16.8. The van der Waals surface area contributed by atoms with Crippen LogP contribution in [0.15, 0.2) is 54.6 Å². The third-order valence-corrected chi connectivity index (χ3v) is 6.08. The Morgan fingerprint density at radius 3 is 2.51 bits per heavy atom. The van der Waals surface area contributed by atoms with Crippen molar-refractivity contribution in [2.24, 2.45) is 11.7 Å². The molecule has 4 N–H and O–H groups in total. The van der Waals surface area contributed by atoms with Crippen molar-refractivity contribution >= 4 is 17.7 Å². The molecule has 1 saturated heterocycles. The van der Waals surface area contributed by atoms with Crippen LogP contribution in [0.2, 0.25) is 0 Å². The molecule has 1 aliphatic heterocycles. The largest absolute Gasteiger partial charge is 0.489 e. The lowest BCUT2D eigenvalue weighted by Gasteiger charge is -2.33. The van der Waals surface area contributed by atoms with Crippen LogP contribution in [0.25, 0.3) is 0 Å². The van der Waals surface area contributed by atoms with Gasteiger partial charge in [-0.05, 0) is 42.5 Å². The Morgan fingerprint density at radius 2 is 1.86 bits per heavy atom. The van der Waals surface area contributed by atoms with Crippen LogP contribution in [0.4, 0.5) is 0 Å². The Hall–Kier alpha value is -3.39. The van der Waals surface area contributed by atoms with Gasteiger partial charge in [-0.3, -0.25) is 14.4 Å². The summed E-state index contributed by atoms with van der Waals surface area (Å²) in [6, 6.07) is 16.5. The molecule has 3 unspecified atom stereocenters. The molecule has 1 radical (unpaired) electrons. The lowest BCUT2D eigenvalue weighted by molar-refractivity contribution is -0.138. The average Bonchev–Trinajstić information content (AvgIpc) is 2.86. The second kappa shape index (κ2) is 12.9. The van der Waals surface area contributed by atoms with Crippen LogP contribution in [-0.4, -0.2) is 53.0 Å². The molecule has 0 saturated carbocycles. The van der Waals surface area contributed by atoms with E-state index < -0.39 is 29.9 Å². The van der Waals surface area contributed by atoms with E-state index in [0.29, 0.717) is 31.7 Å². The first-order valence-corrected chi connectivity index (χ1v) is 12.0. The number of ether oxygens (including phenoxy) is 1. The number of carbonyl (C=O) groups excluding carboxylic acids is 3. The first kappa shape index (κ1) is 26.2. The van der Waals surface area contributed by atoms with Gasteiger partial charge in [0.1, 0.15) is 18.4 Å². The minimum absolute atomic E-state index is 0.192. The Labute approximate surface area is 206 Å². The summed E-state index contributed by atoms with van der Waals surface area (Å²) in [5, 5.41) is 12.8. The lowest BCUT2D eigenvalue weighted by atomic mass is 10.0. The fourth-order valence-electron chi connectivity index (χ4n) is 3.90. The number of amides is 3. The number of carbonyl (C=O) groups is 3. The maximum absolute atomic E-state index is 13.2. The number of nitrogens with two attached hydrogens (primary N) is 1. The number of aliphatic hydroxyl groups excluding tert-OH is 1. The number of aliphatic hydroxyl groups is 1. The summed E-state index contributed by atoms with van der Waals surface area (Å²) < 4.78 is 5.83. The molecule has 8 nitrogen and oxygen atoms in total. The summed E-state index contributed by atoms with van der Waals surface area (Å²) in [5.41, 5.74) is 7.19. The highest BCUT2D eigenvalue weighted by atomic mass is 16.5. The van der Waals surface area contributed by atoms with Gasteiger partial charge >= 0.3 is 0 Å². The molecule has 2 aromatic carbocycles. The zero-order valence-electron chi connectivity index (χ0n) is 20.1. The zero-order chi connectivity index (χ0) is 25.2. The van der Waals surface area contributed by atoms with Gasteiger partial charge in [0.15, 0.2) is 0 Å². The van der Waals surface area contributed by atoms with Crippen LogP contribution in [0, 0.1) is 12.3 Å². The van der Waals surface area contributed by atoms with E-state index in [4.69, 9.17) is 10.5 Å². The topological polar surface area (TPSA) is 122 Å². The number of β-amino-alcohol motifs (C(OH)–C–C–N with tert-alkyl or cyclic N) is 1. The van der Waals surface area contributed by atoms with Gasteiger partial charge in [0, 0.05) is 25.4 Å². The monoisotopic (exact) mass is 480 g/mol. The van der Waals surface area contributed by atoms with Crippen molar-refractivity contribution in [3.8, 4) is 5.75 Å². The van der Waals surface area contributed by atoms with Crippen molar-refractivity contribution in [2.45, 2.75) is 51.4 Å². The van der Waals surface area contributed by atoms with Gasteiger partial charge in [0.2, 0.25) is 17.7 Å². The van der Waals surface area contributed by atoms with Crippen molar-refractivity contribution in [3.05, 3.63) is 72.1 Å². The summed E-state index contributed by atoms with van der Waals surface area (Å²) in [7, 11) is 0. The summed E-state index contributed by atoms with van der Waals surface area (Å²) >= 11 is 0. The molecular formula is C27H34N3O5. The molecule has 1 aliphatic rings. The van der Waals surface area contributed by atoms with E-state index in [0.717, 1.165) is 11.1 Å². The van der Waals surface area contributed by atoms with Crippen molar-refractivity contribution in [3.63, 3.8) is 0 Å². The standard InChI is InChI=1S/C27H34N3O5/c1-19(26(28)33)9-14-25(32)29-24(27(34)30-15-5-8-22(31)17-30)16-20-10-12-23(13-11-20)35-18-21-6-3-2-4-7-21/h2-4,6-7,10-14,19,22,24,31H,5,8-9,15-18H2,1H3,(H2,28,33)(H,29,32). The summed E-state index contributed by atoms with van der Waals surface area (Å²) in [5.74, 6) is -0.929. The summed E-state index contributed by atoms with van der Waals surface area (Å²) in [4.78, 5) is 38.6.